The van der Waals surface area contributed by atoms with Crippen LogP contribution in [0.25, 0.3) is 11.1 Å². The van der Waals surface area contributed by atoms with Crippen LogP contribution in [0.2, 0.25) is 0 Å². The molecule has 1 aromatic carbocycles. The summed E-state index contributed by atoms with van der Waals surface area (Å²) in [5, 5.41) is 0. The number of nitrogens with zero attached hydrogens (tertiary/aromatic N) is 1. The third kappa shape index (κ3) is 3.98. The lowest BCUT2D eigenvalue weighted by atomic mass is 9.92. The van der Waals surface area contributed by atoms with Crippen LogP contribution >= 0.6 is 0 Å². The van der Waals surface area contributed by atoms with Gasteiger partial charge >= 0.3 is 5.97 Å². The molecule has 2 rings (SSSR count). The zero-order valence-electron chi connectivity index (χ0n) is 16.5. The van der Waals surface area contributed by atoms with Crippen molar-refractivity contribution in [3.63, 3.8) is 0 Å². The minimum atomic E-state index is -0.438. The number of nitrogens with two attached hydrogens (primary N) is 1. The number of hydrogen-bond donors (Lipinski definition) is 1. The second-order valence-corrected chi connectivity index (χ2v) is 7.82. The number of amides is 1. The van der Waals surface area contributed by atoms with Crippen molar-refractivity contribution in [3.8, 4) is 11.1 Å². The van der Waals surface area contributed by atoms with Crippen LogP contribution in [-0.2, 0) is 11.3 Å². The van der Waals surface area contributed by atoms with E-state index in [2.05, 4.69) is 25.3 Å². The zero-order chi connectivity index (χ0) is 19.6. The van der Waals surface area contributed by atoms with Crippen molar-refractivity contribution in [1.82, 2.24) is 4.57 Å². The lowest BCUT2D eigenvalue weighted by Crippen LogP contribution is -2.15. The van der Waals surface area contributed by atoms with E-state index < -0.39 is 5.91 Å². The summed E-state index contributed by atoms with van der Waals surface area (Å²) in [6.07, 6.45) is 0.988. The van der Waals surface area contributed by atoms with E-state index in [0.717, 1.165) is 35.5 Å². The molecule has 26 heavy (non-hydrogen) atoms. The highest BCUT2D eigenvalue weighted by atomic mass is 16.5. The van der Waals surface area contributed by atoms with Gasteiger partial charge in [0, 0.05) is 23.5 Å². The Balaban J connectivity index is 2.54. The molecule has 0 atom stereocenters. The molecule has 0 saturated carbocycles. The van der Waals surface area contributed by atoms with E-state index in [-0.39, 0.29) is 11.4 Å². The molecule has 0 fully saturated rings. The molecule has 0 saturated heterocycles. The van der Waals surface area contributed by atoms with Gasteiger partial charge in [0.05, 0.1) is 18.2 Å². The fourth-order valence-electron chi connectivity index (χ4n) is 3.21. The predicted octanol–water partition coefficient (Wildman–Crippen LogP) is 4.09. The fraction of sp³-hybridized carbons (Fsp3) is 0.429. The summed E-state index contributed by atoms with van der Waals surface area (Å²) in [5.74, 6) is -0.825. The minimum absolute atomic E-state index is 0.193. The molecule has 2 aromatic rings. The quantitative estimate of drug-likeness (QED) is 0.820. The first-order chi connectivity index (χ1) is 12.1. The van der Waals surface area contributed by atoms with E-state index in [1.165, 1.54) is 7.11 Å². The molecule has 140 valence electrons. The smallest absolute Gasteiger partial charge is 0.337 e. The summed E-state index contributed by atoms with van der Waals surface area (Å²) in [4.78, 5) is 23.8. The Bertz CT molecular complexity index is 824. The number of rotatable bonds is 5. The highest BCUT2D eigenvalue weighted by Crippen LogP contribution is 2.33. The van der Waals surface area contributed by atoms with Crippen molar-refractivity contribution in [1.29, 1.82) is 0 Å². The van der Waals surface area contributed by atoms with Gasteiger partial charge in [-0.25, -0.2) is 4.79 Å². The third-order valence-corrected chi connectivity index (χ3v) is 4.71. The zero-order valence-corrected chi connectivity index (χ0v) is 16.5. The van der Waals surface area contributed by atoms with Gasteiger partial charge in [-0.1, -0.05) is 32.9 Å². The average molecular weight is 356 g/mol. The first-order valence-corrected chi connectivity index (χ1v) is 8.75. The van der Waals surface area contributed by atoms with Crippen molar-refractivity contribution in [3.05, 3.63) is 46.8 Å². The number of primary amides is 1. The van der Waals surface area contributed by atoms with Crippen LogP contribution in [0.4, 0.5) is 0 Å². The van der Waals surface area contributed by atoms with Crippen LogP contribution in [0.3, 0.4) is 0 Å². The van der Waals surface area contributed by atoms with Gasteiger partial charge in [0.15, 0.2) is 0 Å². The second kappa shape index (κ2) is 7.36. The van der Waals surface area contributed by atoms with E-state index in [0.29, 0.717) is 11.1 Å². The monoisotopic (exact) mass is 356 g/mol. The van der Waals surface area contributed by atoms with E-state index in [4.69, 9.17) is 10.5 Å². The number of methoxy groups -OCH3 is 1. The normalized spacial score (nSPS) is 11.5. The van der Waals surface area contributed by atoms with Gasteiger partial charge in [0.25, 0.3) is 5.91 Å². The number of hydrogen-bond acceptors (Lipinski definition) is 3. The number of ether oxygens (including phenoxy) is 1. The van der Waals surface area contributed by atoms with Crippen molar-refractivity contribution >= 4 is 11.9 Å². The Morgan fingerprint density at radius 1 is 1.08 bits per heavy atom. The maximum atomic E-state index is 12.1. The van der Waals surface area contributed by atoms with Crippen LogP contribution in [0.15, 0.2) is 24.3 Å². The lowest BCUT2D eigenvalue weighted by Gasteiger charge is -2.20. The summed E-state index contributed by atoms with van der Waals surface area (Å²) < 4.78 is 6.90. The molecule has 2 N–H and O–H groups in total. The first kappa shape index (κ1) is 19.8. The van der Waals surface area contributed by atoms with Gasteiger partial charge < -0.3 is 15.0 Å². The number of esters is 1. The standard InChI is InChI=1S/C21H28N2O3/c1-13-17(15-7-9-16(10-8-15)20(25)26-6)18(19(22)24)14(2)23(13)12-11-21(3,4)5/h7-10H,11-12H2,1-6H3,(H2,22,24). The number of carbonyl (C=O) groups excluding carboxylic acids is 2. The largest absolute Gasteiger partial charge is 0.465 e. The molecule has 0 aliphatic carbocycles. The number of benzene rings is 1. The van der Waals surface area contributed by atoms with Crippen LogP contribution < -0.4 is 5.73 Å². The molecule has 0 bridgehead atoms. The Hall–Kier alpha value is -2.56. The molecule has 1 heterocycles. The van der Waals surface area contributed by atoms with Crippen molar-refractivity contribution in [2.45, 2.75) is 47.6 Å². The summed E-state index contributed by atoms with van der Waals surface area (Å²) >= 11 is 0. The maximum Gasteiger partial charge on any atom is 0.337 e. The minimum Gasteiger partial charge on any atom is -0.465 e. The van der Waals surface area contributed by atoms with Crippen LogP contribution in [-0.4, -0.2) is 23.6 Å². The molecule has 0 spiro atoms. The Labute approximate surface area is 155 Å². The molecular weight excluding hydrogens is 328 g/mol. The van der Waals surface area contributed by atoms with Crippen LogP contribution in [0.1, 0.15) is 59.3 Å². The molecule has 1 amide bonds. The highest BCUT2D eigenvalue weighted by molar-refractivity contribution is 6.02. The van der Waals surface area contributed by atoms with Crippen LogP contribution in [0.5, 0.6) is 0 Å². The van der Waals surface area contributed by atoms with Crippen molar-refractivity contribution in [2.75, 3.05) is 7.11 Å². The van der Waals surface area contributed by atoms with E-state index in [9.17, 15) is 9.59 Å². The second-order valence-electron chi connectivity index (χ2n) is 7.82. The predicted molar refractivity (Wildman–Crippen MR) is 103 cm³/mol. The van der Waals surface area contributed by atoms with Gasteiger partial charge in [0.1, 0.15) is 0 Å². The molecular formula is C21H28N2O3. The molecule has 0 aliphatic heterocycles. The molecule has 1 aromatic heterocycles. The van der Waals surface area contributed by atoms with Gasteiger partial charge in [0.2, 0.25) is 0 Å². The van der Waals surface area contributed by atoms with Gasteiger partial charge in [-0.15, -0.1) is 0 Å². The average Bonchev–Trinajstić information content (AvgIpc) is 2.82. The van der Waals surface area contributed by atoms with E-state index in [1.54, 1.807) is 12.1 Å². The summed E-state index contributed by atoms with van der Waals surface area (Å²) in [6, 6.07) is 7.06. The maximum absolute atomic E-state index is 12.1. The first-order valence-electron chi connectivity index (χ1n) is 8.75. The fourth-order valence-corrected chi connectivity index (χ4v) is 3.21. The number of carbonyl (C=O) groups is 2. The van der Waals surface area contributed by atoms with E-state index >= 15 is 0 Å². The highest BCUT2D eigenvalue weighted by Gasteiger charge is 2.23. The van der Waals surface area contributed by atoms with Gasteiger partial charge in [-0.3, -0.25) is 4.79 Å². The summed E-state index contributed by atoms with van der Waals surface area (Å²) in [6.45, 7) is 11.4. The summed E-state index contributed by atoms with van der Waals surface area (Å²) in [5.41, 5.74) is 10.5. The van der Waals surface area contributed by atoms with Gasteiger partial charge in [-0.2, -0.15) is 0 Å². The SMILES string of the molecule is COC(=O)c1ccc(-c2c(C(N)=O)c(C)n(CCC(C)(C)C)c2C)cc1. The molecule has 5 heteroatoms. The van der Waals surface area contributed by atoms with Crippen molar-refractivity contribution in [2.24, 2.45) is 11.1 Å². The van der Waals surface area contributed by atoms with E-state index in [1.807, 2.05) is 26.0 Å². The Morgan fingerprint density at radius 3 is 2.12 bits per heavy atom. The number of aromatic nitrogens is 1. The molecule has 0 unspecified atom stereocenters. The Kier molecular flexibility index (Phi) is 5.59. The Morgan fingerprint density at radius 2 is 1.65 bits per heavy atom. The summed E-state index contributed by atoms with van der Waals surface area (Å²) in [7, 11) is 1.35. The topological polar surface area (TPSA) is 74.3 Å². The van der Waals surface area contributed by atoms with Crippen LogP contribution in [0, 0.1) is 19.3 Å². The molecule has 0 radical (unpaired) electrons. The molecule has 5 nitrogen and oxygen atoms in total. The van der Waals surface area contributed by atoms with Crippen molar-refractivity contribution < 1.29 is 14.3 Å². The van der Waals surface area contributed by atoms with Gasteiger partial charge in [-0.05, 0) is 43.4 Å². The third-order valence-electron chi connectivity index (χ3n) is 4.71. The lowest BCUT2D eigenvalue weighted by molar-refractivity contribution is 0.0600. The molecule has 0 aliphatic rings.